The number of carbonyl (C=O) groups is 3. The van der Waals surface area contributed by atoms with Gasteiger partial charge in [0.2, 0.25) is 11.8 Å². The Balaban J connectivity index is 2.31. The molecule has 0 aliphatic carbocycles. The first kappa shape index (κ1) is 9.50. The van der Waals surface area contributed by atoms with Gasteiger partial charge in [-0.05, 0) is 0 Å². The molecule has 1 heterocycles. The number of nitrogens with one attached hydrogen (secondary N) is 2. The number of carboxylic acid groups (broad SMARTS) is 1. The Kier molecular flexibility index (Phi) is 2.84. The van der Waals surface area contributed by atoms with E-state index < -0.39 is 18.4 Å². The van der Waals surface area contributed by atoms with Crippen molar-refractivity contribution >= 4 is 17.8 Å². The highest BCUT2D eigenvalue weighted by atomic mass is 16.4. The van der Waals surface area contributed by atoms with Crippen LogP contribution in [-0.4, -0.2) is 36.0 Å². The first-order chi connectivity index (χ1) is 6.09. The van der Waals surface area contributed by atoms with Crippen LogP contribution >= 0.6 is 0 Å². The van der Waals surface area contributed by atoms with Gasteiger partial charge >= 0.3 is 5.97 Å². The van der Waals surface area contributed by atoms with E-state index >= 15 is 0 Å². The van der Waals surface area contributed by atoms with Crippen LogP contribution in [0.2, 0.25) is 0 Å². The van der Waals surface area contributed by atoms with E-state index in [1.54, 1.807) is 0 Å². The number of carboxylic acids is 1. The highest BCUT2D eigenvalue weighted by Gasteiger charge is 2.27. The molecule has 0 aromatic carbocycles. The lowest BCUT2D eigenvalue weighted by Gasteiger charge is -2.05. The van der Waals surface area contributed by atoms with E-state index in [0.29, 0.717) is 6.54 Å². The molecule has 1 aliphatic rings. The number of aliphatic carboxylic acids is 1. The molecule has 13 heavy (non-hydrogen) atoms. The molecular formula is C7H10N2O4. The molecule has 2 amide bonds. The molecule has 1 saturated heterocycles. The van der Waals surface area contributed by atoms with Crippen LogP contribution in [0.25, 0.3) is 0 Å². The summed E-state index contributed by atoms with van der Waals surface area (Å²) in [7, 11) is 0. The van der Waals surface area contributed by atoms with E-state index in [2.05, 4.69) is 10.6 Å². The number of hydrogen-bond donors (Lipinski definition) is 3. The van der Waals surface area contributed by atoms with Crippen LogP contribution in [0.1, 0.15) is 6.42 Å². The molecule has 0 bridgehead atoms. The molecule has 6 nitrogen and oxygen atoms in total. The Morgan fingerprint density at radius 1 is 1.62 bits per heavy atom. The van der Waals surface area contributed by atoms with Gasteiger partial charge in [0.05, 0.1) is 5.92 Å². The largest absolute Gasteiger partial charge is 0.480 e. The highest BCUT2D eigenvalue weighted by Crippen LogP contribution is 2.07. The third kappa shape index (κ3) is 2.73. The molecular weight excluding hydrogens is 176 g/mol. The van der Waals surface area contributed by atoms with E-state index in [1.807, 2.05) is 0 Å². The predicted molar refractivity (Wildman–Crippen MR) is 41.8 cm³/mol. The number of amides is 2. The smallest absolute Gasteiger partial charge is 0.322 e. The van der Waals surface area contributed by atoms with Gasteiger partial charge in [0.15, 0.2) is 0 Å². The summed E-state index contributed by atoms with van der Waals surface area (Å²) in [6.45, 7) is -0.103. The fourth-order valence-electron chi connectivity index (χ4n) is 1.10. The van der Waals surface area contributed by atoms with Gasteiger partial charge in [0.1, 0.15) is 6.54 Å². The highest BCUT2D eigenvalue weighted by molar-refractivity contribution is 5.90. The van der Waals surface area contributed by atoms with Crippen molar-refractivity contribution < 1.29 is 19.5 Å². The summed E-state index contributed by atoms with van der Waals surface area (Å²) in [5.41, 5.74) is 0. The van der Waals surface area contributed by atoms with Crippen LogP contribution in [-0.2, 0) is 14.4 Å². The lowest BCUT2D eigenvalue weighted by atomic mass is 10.1. The molecule has 72 valence electrons. The summed E-state index contributed by atoms with van der Waals surface area (Å²) in [6, 6.07) is 0. The van der Waals surface area contributed by atoms with Crippen molar-refractivity contribution in [2.45, 2.75) is 6.42 Å². The minimum atomic E-state index is -1.09. The third-order valence-electron chi connectivity index (χ3n) is 1.76. The summed E-state index contributed by atoms with van der Waals surface area (Å²) in [6.07, 6.45) is 0.144. The summed E-state index contributed by atoms with van der Waals surface area (Å²) < 4.78 is 0. The van der Waals surface area contributed by atoms with Crippen molar-refractivity contribution in [3.63, 3.8) is 0 Å². The van der Waals surface area contributed by atoms with Crippen LogP contribution in [0, 0.1) is 5.92 Å². The second kappa shape index (κ2) is 3.88. The van der Waals surface area contributed by atoms with Crippen LogP contribution in [0.3, 0.4) is 0 Å². The van der Waals surface area contributed by atoms with Crippen molar-refractivity contribution in [2.75, 3.05) is 13.1 Å². The predicted octanol–water partition coefficient (Wildman–Crippen LogP) is -1.68. The lowest BCUT2D eigenvalue weighted by Crippen LogP contribution is -2.35. The first-order valence-corrected chi connectivity index (χ1v) is 3.86. The normalized spacial score (nSPS) is 20.9. The maximum Gasteiger partial charge on any atom is 0.322 e. The molecule has 0 saturated carbocycles. The molecule has 1 aliphatic heterocycles. The Bertz CT molecular complexity index is 251. The van der Waals surface area contributed by atoms with Gasteiger partial charge < -0.3 is 15.7 Å². The van der Waals surface area contributed by atoms with E-state index in [-0.39, 0.29) is 18.2 Å². The van der Waals surface area contributed by atoms with E-state index in [9.17, 15) is 14.4 Å². The van der Waals surface area contributed by atoms with Crippen LogP contribution in [0.15, 0.2) is 0 Å². The minimum Gasteiger partial charge on any atom is -0.480 e. The van der Waals surface area contributed by atoms with Crippen LogP contribution in [0.5, 0.6) is 0 Å². The van der Waals surface area contributed by atoms with Gasteiger partial charge in [-0.25, -0.2) is 0 Å². The van der Waals surface area contributed by atoms with Crippen molar-refractivity contribution in [3.8, 4) is 0 Å². The SMILES string of the molecule is O=C(O)CNC(=O)C1CNC(=O)C1. The maximum absolute atomic E-state index is 11.1. The Labute approximate surface area is 74.3 Å². The Morgan fingerprint density at radius 3 is 2.77 bits per heavy atom. The van der Waals surface area contributed by atoms with Gasteiger partial charge in [-0.3, -0.25) is 14.4 Å². The summed E-state index contributed by atoms with van der Waals surface area (Å²) in [5.74, 6) is -2.08. The summed E-state index contributed by atoms with van der Waals surface area (Å²) in [4.78, 5) is 31.9. The average molecular weight is 186 g/mol. The summed E-state index contributed by atoms with van der Waals surface area (Å²) >= 11 is 0. The first-order valence-electron chi connectivity index (χ1n) is 3.86. The van der Waals surface area contributed by atoms with Crippen molar-refractivity contribution in [1.82, 2.24) is 10.6 Å². The fourth-order valence-corrected chi connectivity index (χ4v) is 1.10. The molecule has 1 rings (SSSR count). The molecule has 0 aromatic rings. The lowest BCUT2D eigenvalue weighted by molar-refractivity contribution is -0.138. The molecule has 0 spiro atoms. The van der Waals surface area contributed by atoms with Crippen molar-refractivity contribution in [3.05, 3.63) is 0 Å². The Hall–Kier alpha value is -1.59. The molecule has 3 N–H and O–H groups in total. The number of hydrogen-bond acceptors (Lipinski definition) is 3. The van der Waals surface area contributed by atoms with Gasteiger partial charge in [-0.1, -0.05) is 0 Å². The maximum atomic E-state index is 11.1. The van der Waals surface area contributed by atoms with Gasteiger partial charge in [0.25, 0.3) is 0 Å². The van der Waals surface area contributed by atoms with Gasteiger partial charge in [-0.15, -0.1) is 0 Å². The van der Waals surface area contributed by atoms with E-state index in [4.69, 9.17) is 5.11 Å². The molecule has 6 heteroatoms. The van der Waals surface area contributed by atoms with Crippen molar-refractivity contribution in [2.24, 2.45) is 5.92 Å². The third-order valence-corrected chi connectivity index (χ3v) is 1.76. The van der Waals surface area contributed by atoms with Crippen LogP contribution in [0.4, 0.5) is 0 Å². The second-order valence-corrected chi connectivity index (χ2v) is 2.82. The van der Waals surface area contributed by atoms with E-state index in [1.165, 1.54) is 0 Å². The van der Waals surface area contributed by atoms with E-state index in [0.717, 1.165) is 0 Å². The zero-order chi connectivity index (χ0) is 9.84. The second-order valence-electron chi connectivity index (χ2n) is 2.82. The molecule has 1 fully saturated rings. The quantitative estimate of drug-likeness (QED) is 0.490. The summed E-state index contributed by atoms with van der Waals surface area (Å²) in [5, 5.41) is 13.0. The van der Waals surface area contributed by atoms with Crippen LogP contribution < -0.4 is 10.6 Å². The van der Waals surface area contributed by atoms with Gasteiger partial charge in [-0.2, -0.15) is 0 Å². The zero-order valence-electron chi connectivity index (χ0n) is 6.87. The Morgan fingerprint density at radius 2 is 2.31 bits per heavy atom. The average Bonchev–Trinajstić information content (AvgIpc) is 2.47. The topological polar surface area (TPSA) is 95.5 Å². The zero-order valence-corrected chi connectivity index (χ0v) is 6.87. The standard InChI is InChI=1S/C7H10N2O4/c10-5-1-4(2-8-5)7(13)9-3-6(11)12/h4H,1-3H2,(H,8,10)(H,9,13)(H,11,12). The van der Waals surface area contributed by atoms with Gasteiger partial charge in [0, 0.05) is 13.0 Å². The monoisotopic (exact) mass is 186 g/mol. The number of rotatable bonds is 3. The molecule has 0 aromatic heterocycles. The minimum absolute atomic E-state index is 0.144. The molecule has 1 unspecified atom stereocenters. The number of carbonyl (C=O) groups excluding carboxylic acids is 2. The molecule has 1 atom stereocenters. The molecule has 0 radical (unpaired) electrons. The van der Waals surface area contributed by atoms with Crippen molar-refractivity contribution in [1.29, 1.82) is 0 Å². The fraction of sp³-hybridized carbons (Fsp3) is 0.571.